The smallest absolute Gasteiger partial charge is 0.255 e. The van der Waals surface area contributed by atoms with Crippen LogP contribution in [-0.4, -0.2) is 56.2 Å². The Morgan fingerprint density at radius 3 is 2.42 bits per heavy atom. The normalized spacial score (nSPS) is 13.7. The van der Waals surface area contributed by atoms with Crippen LogP contribution in [0.2, 0.25) is 5.02 Å². The number of ether oxygens (including phenoxy) is 2. The average molecular weight is 508 g/mol. The van der Waals surface area contributed by atoms with Crippen molar-refractivity contribution >= 4 is 29.1 Å². The molecule has 1 aliphatic heterocycles. The first-order valence-corrected chi connectivity index (χ1v) is 12.4. The molecule has 1 aliphatic rings. The summed E-state index contributed by atoms with van der Waals surface area (Å²) in [4.78, 5) is 27.2. The Hall–Kier alpha value is -3.39. The summed E-state index contributed by atoms with van der Waals surface area (Å²) < 4.78 is 11.1. The Kier molecular flexibility index (Phi) is 9.33. The molecule has 2 N–H and O–H groups in total. The number of carbonyl (C=O) groups excluding carboxylic acids is 2. The Morgan fingerprint density at radius 2 is 1.69 bits per heavy atom. The molecule has 0 radical (unpaired) electrons. The third kappa shape index (κ3) is 7.81. The third-order valence-electron chi connectivity index (χ3n) is 5.87. The highest BCUT2D eigenvalue weighted by molar-refractivity contribution is 6.32. The van der Waals surface area contributed by atoms with Gasteiger partial charge < -0.3 is 20.1 Å². The molecule has 0 unspecified atom stereocenters. The van der Waals surface area contributed by atoms with Gasteiger partial charge in [0.25, 0.3) is 5.91 Å². The molecule has 8 heteroatoms. The first kappa shape index (κ1) is 25.7. The topological polar surface area (TPSA) is 79.9 Å². The van der Waals surface area contributed by atoms with E-state index < -0.39 is 0 Å². The maximum Gasteiger partial charge on any atom is 0.255 e. The zero-order valence-corrected chi connectivity index (χ0v) is 20.8. The molecule has 0 atom stereocenters. The Morgan fingerprint density at radius 1 is 0.944 bits per heavy atom. The third-order valence-corrected chi connectivity index (χ3v) is 6.17. The highest BCUT2D eigenvalue weighted by Crippen LogP contribution is 2.26. The molecule has 7 nitrogen and oxygen atoms in total. The van der Waals surface area contributed by atoms with Crippen molar-refractivity contribution in [2.45, 2.75) is 13.0 Å². The molecule has 1 saturated heterocycles. The molecule has 0 saturated carbocycles. The molecule has 0 aliphatic carbocycles. The molecule has 2 amide bonds. The van der Waals surface area contributed by atoms with Crippen LogP contribution in [0, 0.1) is 0 Å². The highest BCUT2D eigenvalue weighted by atomic mass is 35.5. The molecule has 1 fully saturated rings. The van der Waals surface area contributed by atoms with Gasteiger partial charge in [-0.1, -0.05) is 54.1 Å². The molecule has 36 heavy (non-hydrogen) atoms. The second-order valence-corrected chi connectivity index (χ2v) is 8.95. The minimum atomic E-state index is -0.273. The van der Waals surface area contributed by atoms with Crippen molar-refractivity contribution < 1.29 is 19.1 Å². The van der Waals surface area contributed by atoms with Gasteiger partial charge in [0.2, 0.25) is 5.91 Å². The maximum atomic E-state index is 12.7. The average Bonchev–Trinajstić information content (AvgIpc) is 2.91. The van der Waals surface area contributed by atoms with Crippen LogP contribution in [0.25, 0.3) is 0 Å². The van der Waals surface area contributed by atoms with Crippen LogP contribution in [-0.2, 0) is 22.5 Å². The van der Waals surface area contributed by atoms with E-state index in [9.17, 15) is 9.59 Å². The van der Waals surface area contributed by atoms with E-state index in [1.165, 1.54) is 0 Å². The van der Waals surface area contributed by atoms with E-state index in [0.717, 1.165) is 44.0 Å². The van der Waals surface area contributed by atoms with Gasteiger partial charge in [0.05, 0.1) is 24.7 Å². The zero-order chi connectivity index (χ0) is 25.2. The summed E-state index contributed by atoms with van der Waals surface area (Å²) in [6.45, 7) is 5.11. The molecule has 3 aromatic rings. The Balaban J connectivity index is 1.23. The van der Waals surface area contributed by atoms with Crippen molar-refractivity contribution in [1.29, 1.82) is 0 Å². The fraction of sp³-hybridized carbons (Fsp3) is 0.286. The summed E-state index contributed by atoms with van der Waals surface area (Å²) in [5.41, 5.74) is 2.98. The van der Waals surface area contributed by atoms with Crippen LogP contribution >= 0.6 is 11.6 Å². The van der Waals surface area contributed by atoms with E-state index in [2.05, 4.69) is 15.5 Å². The fourth-order valence-corrected chi connectivity index (χ4v) is 4.06. The van der Waals surface area contributed by atoms with E-state index in [-0.39, 0.29) is 18.2 Å². The standard InChI is InChI=1S/C28H30ClN3O4/c29-25-19-23(8-11-26(25)36-17-14-32-12-15-35-16-13-32)28(34)31-24-9-6-21(7-10-24)18-27(33)30-20-22-4-2-1-3-5-22/h1-11,19H,12-18,20H2,(H,30,33)(H,31,34). The molecular weight excluding hydrogens is 478 g/mol. The quantitative estimate of drug-likeness (QED) is 0.431. The molecular formula is C28H30ClN3O4. The predicted octanol–water partition coefficient (Wildman–Crippen LogP) is 4.16. The van der Waals surface area contributed by atoms with Crippen LogP contribution in [0.3, 0.4) is 0 Å². The lowest BCUT2D eigenvalue weighted by Crippen LogP contribution is -2.38. The number of rotatable bonds is 10. The van der Waals surface area contributed by atoms with Crippen LogP contribution in [0.5, 0.6) is 5.75 Å². The van der Waals surface area contributed by atoms with E-state index in [1.807, 2.05) is 42.5 Å². The van der Waals surface area contributed by atoms with E-state index in [1.54, 1.807) is 30.3 Å². The number of carbonyl (C=O) groups is 2. The number of hydrogen-bond acceptors (Lipinski definition) is 5. The number of morpholine rings is 1. The summed E-state index contributed by atoms with van der Waals surface area (Å²) in [6.07, 6.45) is 0.268. The number of halogens is 1. The first-order valence-electron chi connectivity index (χ1n) is 12.0. The van der Waals surface area contributed by atoms with Crippen molar-refractivity contribution in [2.75, 3.05) is 44.8 Å². The lowest BCUT2D eigenvalue weighted by molar-refractivity contribution is -0.120. The zero-order valence-electron chi connectivity index (χ0n) is 20.0. The van der Waals surface area contributed by atoms with Gasteiger partial charge in [-0.2, -0.15) is 0 Å². The van der Waals surface area contributed by atoms with Gasteiger partial charge in [0, 0.05) is 37.4 Å². The fourth-order valence-electron chi connectivity index (χ4n) is 3.82. The minimum absolute atomic E-state index is 0.0578. The molecule has 0 spiro atoms. The number of anilines is 1. The minimum Gasteiger partial charge on any atom is -0.491 e. The van der Waals surface area contributed by atoms with Gasteiger partial charge in [-0.15, -0.1) is 0 Å². The SMILES string of the molecule is O=C(Cc1ccc(NC(=O)c2ccc(OCCN3CCOCC3)c(Cl)c2)cc1)NCc1ccccc1. The molecule has 0 bridgehead atoms. The lowest BCUT2D eigenvalue weighted by Gasteiger charge is -2.26. The number of benzene rings is 3. The van der Waals surface area contributed by atoms with Crippen molar-refractivity contribution in [3.05, 3.63) is 94.5 Å². The molecule has 3 aromatic carbocycles. The van der Waals surface area contributed by atoms with Crippen LogP contribution in [0.1, 0.15) is 21.5 Å². The molecule has 1 heterocycles. The van der Waals surface area contributed by atoms with E-state index >= 15 is 0 Å². The summed E-state index contributed by atoms with van der Waals surface area (Å²) in [5, 5.41) is 6.17. The number of hydrogen-bond donors (Lipinski definition) is 2. The number of nitrogens with one attached hydrogen (secondary N) is 2. The monoisotopic (exact) mass is 507 g/mol. The molecule has 0 aromatic heterocycles. The summed E-state index contributed by atoms with van der Waals surface area (Å²) in [6, 6.07) is 22.0. The largest absolute Gasteiger partial charge is 0.491 e. The second-order valence-electron chi connectivity index (χ2n) is 8.54. The summed E-state index contributed by atoms with van der Waals surface area (Å²) >= 11 is 6.36. The predicted molar refractivity (Wildman–Crippen MR) is 141 cm³/mol. The molecule has 188 valence electrons. The Labute approximate surface area is 216 Å². The van der Waals surface area contributed by atoms with Crippen molar-refractivity contribution in [2.24, 2.45) is 0 Å². The van der Waals surface area contributed by atoms with Crippen LogP contribution < -0.4 is 15.4 Å². The highest BCUT2D eigenvalue weighted by Gasteiger charge is 2.13. The van der Waals surface area contributed by atoms with Gasteiger partial charge in [-0.05, 0) is 41.5 Å². The summed E-state index contributed by atoms with van der Waals surface area (Å²) in [7, 11) is 0. The maximum absolute atomic E-state index is 12.7. The summed E-state index contributed by atoms with van der Waals surface area (Å²) in [5.74, 6) is 0.221. The van der Waals surface area contributed by atoms with Crippen molar-refractivity contribution in [1.82, 2.24) is 10.2 Å². The lowest BCUT2D eigenvalue weighted by atomic mass is 10.1. The van der Waals surface area contributed by atoms with Crippen molar-refractivity contribution in [3.8, 4) is 5.75 Å². The molecule has 4 rings (SSSR count). The van der Waals surface area contributed by atoms with Crippen LogP contribution in [0.4, 0.5) is 5.69 Å². The van der Waals surface area contributed by atoms with Gasteiger partial charge >= 0.3 is 0 Å². The second kappa shape index (κ2) is 13.1. The van der Waals surface area contributed by atoms with Gasteiger partial charge in [0.1, 0.15) is 12.4 Å². The van der Waals surface area contributed by atoms with Crippen molar-refractivity contribution in [3.63, 3.8) is 0 Å². The van der Waals surface area contributed by atoms with E-state index in [0.29, 0.717) is 35.2 Å². The first-order chi connectivity index (χ1) is 17.6. The van der Waals surface area contributed by atoms with Gasteiger partial charge in [-0.3, -0.25) is 14.5 Å². The van der Waals surface area contributed by atoms with E-state index in [4.69, 9.17) is 21.1 Å². The Bertz CT molecular complexity index is 1150. The van der Waals surface area contributed by atoms with Crippen LogP contribution in [0.15, 0.2) is 72.8 Å². The number of amides is 2. The number of nitrogens with zero attached hydrogens (tertiary/aromatic N) is 1. The van der Waals surface area contributed by atoms with Gasteiger partial charge in [-0.25, -0.2) is 0 Å². The van der Waals surface area contributed by atoms with Gasteiger partial charge in [0.15, 0.2) is 0 Å².